The fourth-order valence-corrected chi connectivity index (χ4v) is 4.20. The van der Waals surface area contributed by atoms with Crippen LogP contribution in [0.25, 0.3) is 0 Å². The van der Waals surface area contributed by atoms with Gasteiger partial charge in [0, 0.05) is 32.7 Å². The number of piperidine rings is 1. The Morgan fingerprint density at radius 3 is 2.47 bits per heavy atom. The molecule has 2 aliphatic rings. The molecule has 7 heteroatoms. The molecule has 0 saturated carbocycles. The Morgan fingerprint density at radius 2 is 1.87 bits per heavy atom. The summed E-state index contributed by atoms with van der Waals surface area (Å²) in [5.41, 5.74) is 2.57. The van der Waals surface area contributed by atoms with Crippen molar-refractivity contribution in [1.82, 2.24) is 15.1 Å². The Bertz CT molecular complexity index is 693. The number of benzene rings is 1. The standard InChI is InChI=1S/C23H36N4O3/c1-4-24-23(27-11-9-20(10-12-27)22(28)29-3)25-17-21(26-13-15-30-16-14-26)19-7-5-18(2)6-8-19/h5-8,20-21H,4,9-17H2,1-3H3,(H,24,25). The van der Waals surface area contributed by atoms with E-state index in [4.69, 9.17) is 14.5 Å². The molecule has 1 aromatic carbocycles. The number of nitrogens with zero attached hydrogens (tertiary/aromatic N) is 3. The monoisotopic (exact) mass is 416 g/mol. The van der Waals surface area contributed by atoms with Crippen molar-refractivity contribution in [3.63, 3.8) is 0 Å². The van der Waals surface area contributed by atoms with Crippen LogP contribution in [0.4, 0.5) is 0 Å². The van der Waals surface area contributed by atoms with Gasteiger partial charge in [0.2, 0.25) is 0 Å². The number of morpholine rings is 1. The fourth-order valence-electron chi connectivity index (χ4n) is 4.20. The van der Waals surface area contributed by atoms with Crippen LogP contribution < -0.4 is 5.32 Å². The molecule has 7 nitrogen and oxygen atoms in total. The molecule has 0 amide bonds. The van der Waals surface area contributed by atoms with Crippen LogP contribution in [0, 0.1) is 12.8 Å². The van der Waals surface area contributed by atoms with Crippen molar-refractivity contribution in [2.75, 3.05) is 59.6 Å². The highest BCUT2D eigenvalue weighted by molar-refractivity contribution is 5.80. The van der Waals surface area contributed by atoms with E-state index in [0.29, 0.717) is 6.54 Å². The average molecular weight is 417 g/mol. The van der Waals surface area contributed by atoms with Gasteiger partial charge < -0.3 is 19.7 Å². The molecule has 1 atom stereocenters. The summed E-state index contributed by atoms with van der Waals surface area (Å²) >= 11 is 0. The van der Waals surface area contributed by atoms with E-state index in [9.17, 15) is 4.79 Å². The van der Waals surface area contributed by atoms with E-state index >= 15 is 0 Å². The van der Waals surface area contributed by atoms with E-state index in [1.807, 2.05) is 0 Å². The number of aryl methyl sites for hydroxylation is 1. The van der Waals surface area contributed by atoms with E-state index in [1.54, 1.807) is 0 Å². The minimum absolute atomic E-state index is 0.00258. The van der Waals surface area contributed by atoms with Crippen LogP contribution in [-0.4, -0.2) is 81.3 Å². The van der Waals surface area contributed by atoms with Gasteiger partial charge in [-0.25, -0.2) is 0 Å². The Morgan fingerprint density at radius 1 is 1.20 bits per heavy atom. The Balaban J connectivity index is 1.72. The number of nitrogens with one attached hydrogen (secondary N) is 1. The van der Waals surface area contributed by atoms with Crippen LogP contribution >= 0.6 is 0 Å². The third-order valence-electron chi connectivity index (χ3n) is 6.03. The minimum atomic E-state index is -0.0941. The summed E-state index contributed by atoms with van der Waals surface area (Å²) in [5.74, 6) is 0.845. The topological polar surface area (TPSA) is 66.4 Å². The molecule has 2 fully saturated rings. The first-order chi connectivity index (χ1) is 14.6. The number of hydrogen-bond donors (Lipinski definition) is 1. The van der Waals surface area contributed by atoms with Crippen LogP contribution in [0.2, 0.25) is 0 Å². The maximum absolute atomic E-state index is 11.8. The van der Waals surface area contributed by atoms with E-state index in [0.717, 1.165) is 64.7 Å². The average Bonchev–Trinajstić information content (AvgIpc) is 2.80. The number of ether oxygens (including phenoxy) is 2. The number of likely N-dealkylation sites (tertiary alicyclic amines) is 1. The zero-order valence-corrected chi connectivity index (χ0v) is 18.6. The van der Waals surface area contributed by atoms with Gasteiger partial charge in [-0.1, -0.05) is 29.8 Å². The highest BCUT2D eigenvalue weighted by atomic mass is 16.5. The van der Waals surface area contributed by atoms with E-state index < -0.39 is 0 Å². The number of esters is 1. The summed E-state index contributed by atoms with van der Waals surface area (Å²) in [6.45, 7) is 10.8. The molecule has 0 aliphatic carbocycles. The first kappa shape index (κ1) is 22.6. The van der Waals surface area contributed by atoms with Crippen molar-refractivity contribution in [3.8, 4) is 0 Å². The normalized spacial score (nSPS) is 20.1. The van der Waals surface area contributed by atoms with Gasteiger partial charge in [-0.3, -0.25) is 14.7 Å². The van der Waals surface area contributed by atoms with Crippen molar-refractivity contribution in [3.05, 3.63) is 35.4 Å². The lowest BCUT2D eigenvalue weighted by Crippen LogP contribution is -2.47. The van der Waals surface area contributed by atoms with E-state index in [-0.39, 0.29) is 17.9 Å². The largest absolute Gasteiger partial charge is 0.469 e. The molecule has 2 heterocycles. The minimum Gasteiger partial charge on any atom is -0.469 e. The first-order valence-electron chi connectivity index (χ1n) is 11.1. The molecule has 1 unspecified atom stereocenters. The van der Waals surface area contributed by atoms with Gasteiger partial charge in [-0.2, -0.15) is 0 Å². The third kappa shape index (κ3) is 5.95. The molecule has 0 bridgehead atoms. The second-order valence-corrected chi connectivity index (χ2v) is 8.05. The SMILES string of the molecule is CCNC(=NCC(c1ccc(C)cc1)N1CCOCC1)N1CCC(C(=O)OC)CC1. The Kier molecular flexibility index (Phi) is 8.51. The Labute approximate surface area is 180 Å². The lowest BCUT2D eigenvalue weighted by Gasteiger charge is -2.36. The molecular weight excluding hydrogens is 380 g/mol. The summed E-state index contributed by atoms with van der Waals surface area (Å²) in [4.78, 5) is 21.6. The zero-order chi connectivity index (χ0) is 21.3. The van der Waals surface area contributed by atoms with Gasteiger partial charge in [-0.05, 0) is 32.3 Å². The predicted octanol–water partition coefficient (Wildman–Crippen LogP) is 2.22. The van der Waals surface area contributed by atoms with Crippen molar-refractivity contribution in [1.29, 1.82) is 0 Å². The quantitative estimate of drug-likeness (QED) is 0.436. The fraction of sp³-hybridized carbons (Fsp3) is 0.652. The molecule has 0 radical (unpaired) electrons. The number of hydrogen-bond acceptors (Lipinski definition) is 5. The van der Waals surface area contributed by atoms with Crippen LogP contribution in [0.5, 0.6) is 0 Å². The molecule has 0 aromatic heterocycles. The summed E-state index contributed by atoms with van der Waals surface area (Å²) in [5, 5.41) is 3.45. The number of rotatable bonds is 6. The smallest absolute Gasteiger partial charge is 0.308 e. The molecule has 3 rings (SSSR count). The van der Waals surface area contributed by atoms with E-state index in [1.165, 1.54) is 18.2 Å². The maximum atomic E-state index is 11.8. The predicted molar refractivity (Wildman–Crippen MR) is 119 cm³/mol. The number of carbonyl (C=O) groups is 1. The van der Waals surface area contributed by atoms with Crippen LogP contribution in [0.15, 0.2) is 29.3 Å². The summed E-state index contributed by atoms with van der Waals surface area (Å²) in [6.07, 6.45) is 1.61. The maximum Gasteiger partial charge on any atom is 0.308 e. The van der Waals surface area contributed by atoms with Gasteiger partial charge >= 0.3 is 5.97 Å². The van der Waals surface area contributed by atoms with Crippen molar-refractivity contribution >= 4 is 11.9 Å². The van der Waals surface area contributed by atoms with Gasteiger partial charge in [-0.15, -0.1) is 0 Å². The molecule has 166 valence electrons. The molecule has 2 aliphatic heterocycles. The summed E-state index contributed by atoms with van der Waals surface area (Å²) < 4.78 is 10.5. The molecule has 1 N–H and O–H groups in total. The zero-order valence-electron chi connectivity index (χ0n) is 18.6. The lowest BCUT2D eigenvalue weighted by atomic mass is 9.97. The third-order valence-corrected chi connectivity index (χ3v) is 6.03. The number of methoxy groups -OCH3 is 1. The Hall–Kier alpha value is -2.12. The number of carbonyl (C=O) groups excluding carboxylic acids is 1. The van der Waals surface area contributed by atoms with Crippen molar-refractivity contribution in [2.45, 2.75) is 32.7 Å². The van der Waals surface area contributed by atoms with Crippen molar-refractivity contribution < 1.29 is 14.3 Å². The van der Waals surface area contributed by atoms with Gasteiger partial charge in [0.15, 0.2) is 5.96 Å². The van der Waals surface area contributed by atoms with Gasteiger partial charge in [0.25, 0.3) is 0 Å². The molecule has 30 heavy (non-hydrogen) atoms. The molecule has 0 spiro atoms. The van der Waals surface area contributed by atoms with Crippen LogP contribution in [0.3, 0.4) is 0 Å². The summed E-state index contributed by atoms with van der Waals surface area (Å²) in [7, 11) is 1.47. The first-order valence-corrected chi connectivity index (χ1v) is 11.1. The summed E-state index contributed by atoms with van der Waals surface area (Å²) in [6, 6.07) is 9.03. The number of aliphatic imine (C=N–C) groups is 1. The second-order valence-electron chi connectivity index (χ2n) is 8.05. The van der Waals surface area contributed by atoms with Crippen LogP contribution in [-0.2, 0) is 14.3 Å². The van der Waals surface area contributed by atoms with Gasteiger partial charge in [0.05, 0.1) is 38.8 Å². The molecular formula is C23H36N4O3. The second kappa shape index (κ2) is 11.3. The molecule has 2 saturated heterocycles. The lowest BCUT2D eigenvalue weighted by molar-refractivity contribution is -0.146. The molecule has 1 aromatic rings. The highest BCUT2D eigenvalue weighted by Gasteiger charge is 2.28. The highest BCUT2D eigenvalue weighted by Crippen LogP contribution is 2.24. The van der Waals surface area contributed by atoms with Crippen molar-refractivity contribution in [2.24, 2.45) is 10.9 Å². The number of guanidine groups is 1. The van der Waals surface area contributed by atoms with E-state index in [2.05, 4.69) is 53.2 Å². The van der Waals surface area contributed by atoms with Gasteiger partial charge in [0.1, 0.15) is 0 Å². The van der Waals surface area contributed by atoms with Crippen LogP contribution in [0.1, 0.15) is 36.9 Å².